The van der Waals surface area contributed by atoms with E-state index in [1.807, 2.05) is 0 Å². The van der Waals surface area contributed by atoms with Crippen LogP contribution in [0.2, 0.25) is 0 Å². The molecule has 0 unspecified atom stereocenters. The Balaban J connectivity index is 2.27. The molecule has 1 aromatic carbocycles. The number of aromatic amines is 1. The number of nitrogens with zero attached hydrogens (tertiary/aromatic N) is 1. The van der Waals surface area contributed by atoms with Crippen LogP contribution in [0.25, 0.3) is 0 Å². The highest BCUT2D eigenvalue weighted by atomic mass is 16.5. The Kier molecular flexibility index (Phi) is 2.50. The van der Waals surface area contributed by atoms with Gasteiger partial charge in [0.1, 0.15) is 11.4 Å². The molecule has 2 aromatic rings. The minimum atomic E-state index is -0.894. The number of ether oxygens (including phenoxy) is 1. The highest BCUT2D eigenvalue weighted by molar-refractivity contribution is 5.94. The number of nitrogen functional groups attached to an aromatic ring is 1. The van der Waals surface area contributed by atoms with Crippen LogP contribution in [-0.2, 0) is 11.8 Å². The molecule has 0 bridgehead atoms. The van der Waals surface area contributed by atoms with Gasteiger partial charge in [-0.1, -0.05) is 18.2 Å². The van der Waals surface area contributed by atoms with E-state index in [-0.39, 0.29) is 11.4 Å². The number of hydrogen-bond acceptors (Lipinski definition) is 5. The first-order valence-corrected chi connectivity index (χ1v) is 5.89. The number of nitrogens with two attached hydrogens (primary N) is 1. The Labute approximate surface area is 112 Å². The van der Waals surface area contributed by atoms with Gasteiger partial charge >= 0.3 is 11.7 Å². The number of carbonyl (C=O) groups excluding carboxylic acids is 1. The van der Waals surface area contributed by atoms with Crippen molar-refractivity contribution in [1.82, 2.24) is 9.55 Å². The summed E-state index contributed by atoms with van der Waals surface area (Å²) < 4.78 is 6.11. The van der Waals surface area contributed by atoms with Crippen LogP contribution >= 0.6 is 0 Å². The number of esters is 1. The van der Waals surface area contributed by atoms with Crippen LogP contribution in [0.15, 0.2) is 33.9 Å². The van der Waals surface area contributed by atoms with E-state index in [1.165, 1.54) is 7.05 Å². The van der Waals surface area contributed by atoms with E-state index in [0.717, 1.165) is 4.57 Å². The molecule has 1 aromatic heterocycles. The quantitative estimate of drug-likeness (QED) is 0.706. The Morgan fingerprint density at radius 2 is 1.95 bits per heavy atom. The van der Waals surface area contributed by atoms with Gasteiger partial charge in [-0.15, -0.1) is 0 Å². The van der Waals surface area contributed by atoms with Crippen molar-refractivity contribution in [2.24, 2.45) is 7.05 Å². The molecule has 1 aliphatic heterocycles. The Hall–Kier alpha value is -2.83. The summed E-state index contributed by atoms with van der Waals surface area (Å²) in [6.45, 7) is 0. The van der Waals surface area contributed by atoms with Gasteiger partial charge in [-0.05, 0) is 6.07 Å². The normalized spacial score (nSPS) is 16.9. The van der Waals surface area contributed by atoms with Gasteiger partial charge in [0, 0.05) is 12.6 Å². The number of hydrogen-bond donors (Lipinski definition) is 2. The maximum atomic E-state index is 12.2. The van der Waals surface area contributed by atoms with Crippen molar-refractivity contribution in [1.29, 1.82) is 0 Å². The summed E-state index contributed by atoms with van der Waals surface area (Å²) in [5, 5.41) is 0. The molecule has 0 saturated heterocycles. The molecule has 7 heteroatoms. The third-order valence-corrected chi connectivity index (χ3v) is 3.32. The number of anilines is 1. The first-order chi connectivity index (χ1) is 9.50. The van der Waals surface area contributed by atoms with Crippen LogP contribution in [0.5, 0.6) is 0 Å². The van der Waals surface area contributed by atoms with Crippen molar-refractivity contribution in [3.05, 3.63) is 61.8 Å². The fourth-order valence-corrected chi connectivity index (χ4v) is 2.27. The number of H-pyrrole nitrogens is 1. The molecule has 7 nitrogen and oxygen atoms in total. The molecule has 20 heavy (non-hydrogen) atoms. The van der Waals surface area contributed by atoms with Crippen LogP contribution < -0.4 is 17.0 Å². The average Bonchev–Trinajstić information content (AvgIpc) is 2.75. The summed E-state index contributed by atoms with van der Waals surface area (Å²) in [5.41, 5.74) is 5.53. The fourth-order valence-electron chi connectivity index (χ4n) is 2.27. The van der Waals surface area contributed by atoms with Crippen LogP contribution in [0.1, 0.15) is 27.6 Å². The predicted molar refractivity (Wildman–Crippen MR) is 70.4 cm³/mol. The SMILES string of the molecule is Cn1c(=O)[nH]c(N)c([C@H]2OC(=O)c3ccccc32)c1=O. The first kappa shape index (κ1) is 12.2. The van der Waals surface area contributed by atoms with E-state index >= 15 is 0 Å². The van der Waals surface area contributed by atoms with Crippen LogP contribution in [0.3, 0.4) is 0 Å². The largest absolute Gasteiger partial charge is 0.449 e. The van der Waals surface area contributed by atoms with Crippen LogP contribution in [0, 0.1) is 0 Å². The summed E-state index contributed by atoms with van der Waals surface area (Å²) in [6, 6.07) is 6.75. The standard InChI is InChI=1S/C13H11N3O4/c1-16-11(17)8(10(14)15-13(16)19)9-6-4-2-3-5-7(6)12(18)20-9/h2-5,9H,14H2,1H3,(H,15,19)/t9-/m0/s1. The topological polar surface area (TPSA) is 107 Å². The fraction of sp³-hybridized carbons (Fsp3) is 0.154. The van der Waals surface area contributed by atoms with Gasteiger partial charge in [-0.25, -0.2) is 9.59 Å². The van der Waals surface area contributed by atoms with Crippen molar-refractivity contribution in [3.63, 3.8) is 0 Å². The van der Waals surface area contributed by atoms with Gasteiger partial charge in [0.25, 0.3) is 5.56 Å². The molecule has 0 spiro atoms. The molecule has 3 rings (SSSR count). The van der Waals surface area contributed by atoms with E-state index in [9.17, 15) is 14.4 Å². The zero-order valence-electron chi connectivity index (χ0n) is 10.5. The predicted octanol–water partition coefficient (Wildman–Crippen LogP) is -0.0844. The Morgan fingerprint density at radius 1 is 1.25 bits per heavy atom. The minimum absolute atomic E-state index is 0.0606. The second kappa shape index (κ2) is 4.09. The average molecular weight is 273 g/mol. The smallest absolute Gasteiger partial charge is 0.339 e. The highest BCUT2D eigenvalue weighted by Crippen LogP contribution is 2.35. The lowest BCUT2D eigenvalue weighted by Crippen LogP contribution is -2.37. The van der Waals surface area contributed by atoms with Gasteiger partial charge < -0.3 is 10.5 Å². The Morgan fingerprint density at radius 3 is 2.70 bits per heavy atom. The Bertz CT molecular complexity index is 834. The van der Waals surface area contributed by atoms with Crippen LogP contribution in [-0.4, -0.2) is 15.5 Å². The third-order valence-electron chi connectivity index (χ3n) is 3.32. The molecule has 0 fully saturated rings. The number of cyclic esters (lactones) is 1. The molecule has 1 aliphatic rings. The summed E-state index contributed by atoms with van der Waals surface area (Å²) in [6.07, 6.45) is -0.894. The van der Waals surface area contributed by atoms with Gasteiger partial charge in [-0.2, -0.15) is 0 Å². The lowest BCUT2D eigenvalue weighted by atomic mass is 10.0. The molecule has 0 amide bonds. The van der Waals surface area contributed by atoms with E-state index in [2.05, 4.69) is 4.98 Å². The van der Waals surface area contributed by atoms with Crippen molar-refractivity contribution < 1.29 is 9.53 Å². The number of rotatable bonds is 1. The molecule has 0 aliphatic carbocycles. The van der Waals surface area contributed by atoms with Crippen molar-refractivity contribution in [2.45, 2.75) is 6.10 Å². The molecule has 102 valence electrons. The summed E-state index contributed by atoms with van der Waals surface area (Å²) >= 11 is 0. The van der Waals surface area contributed by atoms with Crippen molar-refractivity contribution in [2.75, 3.05) is 5.73 Å². The number of aromatic nitrogens is 2. The maximum absolute atomic E-state index is 12.2. The molecule has 1 atom stereocenters. The second-order valence-corrected chi connectivity index (χ2v) is 4.49. The number of nitrogens with one attached hydrogen (secondary N) is 1. The molecule has 0 saturated carbocycles. The molecular weight excluding hydrogens is 262 g/mol. The zero-order chi connectivity index (χ0) is 14.4. The van der Waals surface area contributed by atoms with Crippen molar-refractivity contribution in [3.8, 4) is 0 Å². The molecule has 2 heterocycles. The second-order valence-electron chi connectivity index (χ2n) is 4.49. The van der Waals surface area contributed by atoms with E-state index in [0.29, 0.717) is 11.1 Å². The molecule has 3 N–H and O–H groups in total. The number of fused-ring (bicyclic) bond motifs is 1. The third kappa shape index (κ3) is 1.56. The van der Waals surface area contributed by atoms with E-state index in [1.54, 1.807) is 24.3 Å². The first-order valence-electron chi connectivity index (χ1n) is 5.89. The van der Waals surface area contributed by atoms with Crippen molar-refractivity contribution >= 4 is 11.8 Å². The van der Waals surface area contributed by atoms with Gasteiger partial charge in [0.2, 0.25) is 0 Å². The lowest BCUT2D eigenvalue weighted by Gasteiger charge is -2.13. The summed E-state index contributed by atoms with van der Waals surface area (Å²) in [7, 11) is 1.33. The minimum Gasteiger partial charge on any atom is -0.449 e. The number of carbonyl (C=O) groups is 1. The lowest BCUT2D eigenvalue weighted by molar-refractivity contribution is 0.0454. The van der Waals surface area contributed by atoms with Gasteiger partial charge in [-0.3, -0.25) is 14.3 Å². The molecule has 0 radical (unpaired) electrons. The monoisotopic (exact) mass is 273 g/mol. The van der Waals surface area contributed by atoms with Crippen LogP contribution in [0.4, 0.5) is 5.82 Å². The van der Waals surface area contributed by atoms with Gasteiger partial charge in [0.05, 0.1) is 5.56 Å². The maximum Gasteiger partial charge on any atom is 0.339 e. The van der Waals surface area contributed by atoms with E-state index < -0.39 is 23.3 Å². The van der Waals surface area contributed by atoms with E-state index in [4.69, 9.17) is 10.5 Å². The highest BCUT2D eigenvalue weighted by Gasteiger charge is 2.35. The van der Waals surface area contributed by atoms with Gasteiger partial charge in [0.15, 0.2) is 6.10 Å². The molecular formula is C13H11N3O4. The zero-order valence-corrected chi connectivity index (χ0v) is 10.5. The number of benzene rings is 1. The summed E-state index contributed by atoms with van der Waals surface area (Å²) in [5.74, 6) is -0.606. The summed E-state index contributed by atoms with van der Waals surface area (Å²) in [4.78, 5) is 37.8.